The Balaban J connectivity index is 2.30. The molecule has 2 aromatic carbocycles. The molecule has 0 heterocycles. The summed E-state index contributed by atoms with van der Waals surface area (Å²) in [5, 5.41) is 36.8. The number of unbranched alkanes of at least 4 members (excludes halogenated alkanes) is 1. The molecular formula is C20H24B2F3N3O6. The summed E-state index contributed by atoms with van der Waals surface area (Å²) in [6.07, 6.45) is 0.944. The van der Waals surface area contributed by atoms with Crippen molar-refractivity contribution in [3.63, 3.8) is 0 Å². The van der Waals surface area contributed by atoms with Gasteiger partial charge in [-0.05, 0) is 55.2 Å². The van der Waals surface area contributed by atoms with E-state index in [0.717, 1.165) is 30.3 Å². The Kier molecular flexibility index (Phi) is 9.65. The molecule has 0 spiro atoms. The minimum atomic E-state index is -2.37. The van der Waals surface area contributed by atoms with E-state index in [4.69, 9.17) is 21.5 Å². The Labute approximate surface area is 194 Å². The van der Waals surface area contributed by atoms with Crippen LogP contribution in [0.2, 0.25) is 0 Å². The number of carbonyl (C=O) groups excluding carboxylic acids is 2. The molecule has 2 aromatic rings. The molecule has 34 heavy (non-hydrogen) atoms. The summed E-state index contributed by atoms with van der Waals surface area (Å²) >= 11 is 0. The normalized spacial score (nSPS) is 11.8. The van der Waals surface area contributed by atoms with Gasteiger partial charge < -0.3 is 36.5 Å². The molecule has 0 saturated heterocycles. The van der Waals surface area contributed by atoms with Gasteiger partial charge in [0, 0.05) is 24.1 Å². The van der Waals surface area contributed by atoms with Gasteiger partial charge in [-0.2, -0.15) is 0 Å². The zero-order chi connectivity index (χ0) is 25.6. The van der Waals surface area contributed by atoms with E-state index in [9.17, 15) is 32.8 Å². The third-order valence-corrected chi connectivity index (χ3v) is 5.14. The predicted molar refractivity (Wildman–Crippen MR) is 118 cm³/mol. The number of amides is 2. The lowest BCUT2D eigenvalue weighted by Gasteiger charge is -2.24. The Morgan fingerprint density at radius 1 is 0.941 bits per heavy atom. The highest BCUT2D eigenvalue weighted by atomic mass is 19.1. The van der Waals surface area contributed by atoms with Crippen LogP contribution in [0.5, 0.6) is 0 Å². The minimum absolute atomic E-state index is 0.00823. The standard InChI is InChI=1S/C20H24B2F3N3O6/c23-14-5-4-12(9-13(14)21(31)32)20(30)28(6-2-1-3-17(26)19(27)29)10-11-7-15(24)18(22(33)34)16(25)8-11/h4-5,7-9,17,31-34H,1-3,6,10,26H2,(H2,27,29)/t17-/m0/s1. The van der Waals surface area contributed by atoms with Gasteiger partial charge >= 0.3 is 14.2 Å². The summed E-state index contributed by atoms with van der Waals surface area (Å²) in [6, 6.07) is 3.75. The largest absolute Gasteiger partial charge is 0.494 e. The first-order valence-corrected chi connectivity index (χ1v) is 10.3. The monoisotopic (exact) mass is 481 g/mol. The maximum Gasteiger partial charge on any atom is 0.494 e. The zero-order valence-corrected chi connectivity index (χ0v) is 18.0. The number of hydrogen-bond acceptors (Lipinski definition) is 7. The fourth-order valence-electron chi connectivity index (χ4n) is 3.31. The van der Waals surface area contributed by atoms with E-state index >= 15 is 0 Å². The molecule has 0 aliphatic heterocycles. The van der Waals surface area contributed by atoms with Crippen LogP contribution in [-0.2, 0) is 11.3 Å². The van der Waals surface area contributed by atoms with Crippen molar-refractivity contribution < 1.29 is 42.9 Å². The quantitative estimate of drug-likeness (QED) is 0.161. The molecule has 0 aliphatic carbocycles. The van der Waals surface area contributed by atoms with E-state index in [0.29, 0.717) is 12.8 Å². The van der Waals surface area contributed by atoms with Crippen LogP contribution in [0, 0.1) is 17.5 Å². The van der Waals surface area contributed by atoms with Crippen molar-refractivity contribution in [2.75, 3.05) is 6.54 Å². The van der Waals surface area contributed by atoms with Gasteiger partial charge in [0.15, 0.2) is 0 Å². The molecule has 0 bridgehead atoms. The molecule has 0 fully saturated rings. The van der Waals surface area contributed by atoms with E-state index in [2.05, 4.69) is 0 Å². The average molecular weight is 481 g/mol. The number of rotatable bonds is 11. The second kappa shape index (κ2) is 12.0. The van der Waals surface area contributed by atoms with E-state index in [1.807, 2.05) is 0 Å². The van der Waals surface area contributed by atoms with Crippen molar-refractivity contribution in [1.29, 1.82) is 0 Å². The summed E-state index contributed by atoms with van der Waals surface area (Å²) in [4.78, 5) is 25.3. The molecule has 1 atom stereocenters. The van der Waals surface area contributed by atoms with Crippen molar-refractivity contribution >= 4 is 37.0 Å². The van der Waals surface area contributed by atoms with Crippen molar-refractivity contribution in [2.24, 2.45) is 11.5 Å². The molecule has 0 aliphatic rings. The lowest BCUT2D eigenvalue weighted by Crippen LogP contribution is -2.38. The van der Waals surface area contributed by atoms with Crippen LogP contribution in [0.15, 0.2) is 30.3 Å². The zero-order valence-electron chi connectivity index (χ0n) is 18.0. The van der Waals surface area contributed by atoms with Crippen LogP contribution in [0.4, 0.5) is 13.2 Å². The molecule has 0 radical (unpaired) electrons. The van der Waals surface area contributed by atoms with E-state index in [1.54, 1.807) is 0 Å². The molecule has 9 nitrogen and oxygen atoms in total. The molecule has 8 N–H and O–H groups in total. The van der Waals surface area contributed by atoms with Crippen LogP contribution >= 0.6 is 0 Å². The minimum Gasteiger partial charge on any atom is -0.423 e. The van der Waals surface area contributed by atoms with E-state index in [1.165, 1.54) is 4.90 Å². The molecule has 2 amide bonds. The van der Waals surface area contributed by atoms with Gasteiger partial charge in [-0.25, -0.2) is 13.2 Å². The van der Waals surface area contributed by atoms with Gasteiger partial charge in [-0.15, -0.1) is 0 Å². The molecule has 14 heteroatoms. The second-order valence-corrected chi connectivity index (χ2v) is 7.69. The highest BCUT2D eigenvalue weighted by Crippen LogP contribution is 2.15. The Morgan fingerprint density at radius 2 is 1.56 bits per heavy atom. The second-order valence-electron chi connectivity index (χ2n) is 7.69. The predicted octanol–water partition coefficient (Wildman–Crippen LogP) is -1.91. The highest BCUT2D eigenvalue weighted by molar-refractivity contribution is 6.59. The van der Waals surface area contributed by atoms with Crippen molar-refractivity contribution in [3.8, 4) is 0 Å². The fourth-order valence-corrected chi connectivity index (χ4v) is 3.31. The summed E-state index contributed by atoms with van der Waals surface area (Å²) in [5.74, 6) is -4.78. The molecule has 0 unspecified atom stereocenters. The van der Waals surface area contributed by atoms with Crippen LogP contribution in [0.1, 0.15) is 35.2 Å². The molecule has 0 aromatic heterocycles. The Bertz CT molecular complexity index is 1020. The first-order chi connectivity index (χ1) is 15.9. The van der Waals surface area contributed by atoms with Crippen LogP contribution in [0.3, 0.4) is 0 Å². The Morgan fingerprint density at radius 3 is 2.09 bits per heavy atom. The third kappa shape index (κ3) is 7.05. The number of nitrogens with two attached hydrogens (primary N) is 2. The first kappa shape index (κ1) is 27.3. The summed E-state index contributed by atoms with van der Waals surface area (Å²) in [5.41, 5.74) is 9.10. The number of nitrogens with zero attached hydrogens (tertiary/aromatic N) is 1. The van der Waals surface area contributed by atoms with E-state index < -0.39 is 60.5 Å². The smallest absolute Gasteiger partial charge is 0.423 e. The van der Waals surface area contributed by atoms with Gasteiger partial charge in [-0.1, -0.05) is 0 Å². The van der Waals surface area contributed by atoms with Crippen molar-refractivity contribution in [1.82, 2.24) is 4.90 Å². The van der Waals surface area contributed by atoms with Crippen molar-refractivity contribution in [2.45, 2.75) is 31.8 Å². The fraction of sp³-hybridized carbons (Fsp3) is 0.300. The van der Waals surface area contributed by atoms with Crippen LogP contribution < -0.4 is 22.4 Å². The molecule has 182 valence electrons. The van der Waals surface area contributed by atoms with Crippen LogP contribution in [0.25, 0.3) is 0 Å². The molecule has 0 saturated carbocycles. The maximum absolute atomic E-state index is 14.2. The molecular weight excluding hydrogens is 457 g/mol. The van der Waals surface area contributed by atoms with Crippen LogP contribution in [-0.4, -0.2) is 63.6 Å². The maximum atomic E-state index is 14.2. The van der Waals surface area contributed by atoms with E-state index in [-0.39, 0.29) is 30.6 Å². The van der Waals surface area contributed by atoms with Gasteiger partial charge in [0.05, 0.1) is 11.5 Å². The topological polar surface area (TPSA) is 170 Å². The van der Waals surface area contributed by atoms with Gasteiger partial charge in [0.1, 0.15) is 17.5 Å². The number of primary amides is 1. The number of hydrogen-bond donors (Lipinski definition) is 6. The molecule has 2 rings (SSSR count). The number of benzene rings is 2. The van der Waals surface area contributed by atoms with Gasteiger partial charge in [-0.3, -0.25) is 9.59 Å². The first-order valence-electron chi connectivity index (χ1n) is 10.3. The highest BCUT2D eigenvalue weighted by Gasteiger charge is 2.25. The SMILES string of the molecule is NC(=O)[C@@H](N)CCCCN(Cc1cc(F)c(B(O)O)c(F)c1)C(=O)c1ccc(F)c(B(O)O)c1. The van der Waals surface area contributed by atoms with Crippen molar-refractivity contribution in [3.05, 3.63) is 58.9 Å². The third-order valence-electron chi connectivity index (χ3n) is 5.14. The van der Waals surface area contributed by atoms with Gasteiger partial charge in [0.2, 0.25) is 5.91 Å². The number of halogens is 3. The lowest BCUT2D eigenvalue weighted by atomic mass is 9.78. The lowest BCUT2D eigenvalue weighted by molar-refractivity contribution is -0.119. The average Bonchev–Trinajstić information content (AvgIpc) is 2.74. The summed E-state index contributed by atoms with van der Waals surface area (Å²) in [7, 11) is -4.54. The Hall–Kier alpha value is -2.90. The summed E-state index contributed by atoms with van der Waals surface area (Å²) in [6.45, 7) is -0.281. The van der Waals surface area contributed by atoms with Gasteiger partial charge in [0.25, 0.3) is 5.91 Å². The number of carbonyl (C=O) groups is 2. The summed E-state index contributed by atoms with van der Waals surface area (Å²) < 4.78 is 42.1.